The molecule has 3 saturated carbocycles. The average Bonchev–Trinajstić information content (AvgIpc) is 3.00. The lowest BCUT2D eigenvalue weighted by atomic mass is 9.44. The van der Waals surface area contributed by atoms with E-state index in [-0.39, 0.29) is 40.7 Å². The number of esters is 1. The molecule has 1 N–H and O–H groups in total. The van der Waals surface area contributed by atoms with Gasteiger partial charge in [-0.1, -0.05) is 33.8 Å². The Hall–Kier alpha value is -0.810. The fourth-order valence-corrected chi connectivity index (χ4v) is 6.77. The molecule has 152 valence electrons. The Kier molecular flexibility index (Phi) is 5.35. The van der Waals surface area contributed by atoms with Crippen LogP contribution in [0, 0.1) is 34.0 Å². The van der Waals surface area contributed by atoms with Crippen molar-refractivity contribution in [3.8, 4) is 0 Å². The third-order valence-corrected chi connectivity index (χ3v) is 8.96. The van der Waals surface area contributed by atoms with Gasteiger partial charge in [-0.15, -0.1) is 6.58 Å². The Labute approximate surface area is 168 Å². The van der Waals surface area contributed by atoms with Crippen molar-refractivity contribution in [1.29, 1.82) is 0 Å². The molecule has 3 rings (SSSR count). The molecule has 27 heavy (non-hydrogen) atoms. The molecule has 5 heteroatoms. The molecular weight excluding hydrogens is 360 g/mol. The highest BCUT2D eigenvalue weighted by atomic mass is 32.1. The highest BCUT2D eigenvalue weighted by Gasteiger charge is 2.68. The van der Waals surface area contributed by atoms with Crippen LogP contribution in [0.1, 0.15) is 59.8 Å². The summed E-state index contributed by atoms with van der Waals surface area (Å²) in [6, 6.07) is 0. The maximum atomic E-state index is 13.2. The van der Waals surface area contributed by atoms with Gasteiger partial charge in [-0.2, -0.15) is 12.6 Å². The summed E-state index contributed by atoms with van der Waals surface area (Å²) < 4.78 is 5.94. The monoisotopic (exact) mass is 394 g/mol. The molecule has 0 aromatic heterocycles. The number of ether oxygens (including phenoxy) is 1. The van der Waals surface area contributed by atoms with Gasteiger partial charge < -0.3 is 9.84 Å². The molecule has 3 aliphatic rings. The summed E-state index contributed by atoms with van der Waals surface area (Å²) in [6.07, 6.45) is 4.52. The number of Topliss-reactive ketones (excluding diaryl/α,β-unsaturated/α-hetero) is 1. The van der Waals surface area contributed by atoms with Gasteiger partial charge in [-0.25, -0.2) is 0 Å². The van der Waals surface area contributed by atoms with Crippen LogP contribution in [0.15, 0.2) is 12.7 Å². The Bertz CT molecular complexity index is 648. The van der Waals surface area contributed by atoms with Crippen LogP contribution in [0.2, 0.25) is 0 Å². The van der Waals surface area contributed by atoms with E-state index in [0.29, 0.717) is 12.8 Å². The van der Waals surface area contributed by atoms with Crippen LogP contribution in [-0.2, 0) is 14.3 Å². The number of thiol groups is 1. The Balaban J connectivity index is 2.21. The van der Waals surface area contributed by atoms with Crippen molar-refractivity contribution in [2.75, 3.05) is 5.75 Å². The summed E-state index contributed by atoms with van der Waals surface area (Å²) in [6.45, 7) is 12.4. The van der Waals surface area contributed by atoms with Gasteiger partial charge in [0.1, 0.15) is 11.9 Å². The van der Waals surface area contributed by atoms with E-state index < -0.39 is 23.0 Å². The van der Waals surface area contributed by atoms with E-state index in [2.05, 4.69) is 40.0 Å². The van der Waals surface area contributed by atoms with Crippen LogP contribution in [0.4, 0.5) is 0 Å². The third kappa shape index (κ3) is 2.83. The number of rotatable bonds is 3. The number of aliphatic hydroxyl groups is 1. The number of carbonyl (C=O) groups is 2. The van der Waals surface area contributed by atoms with E-state index in [1.54, 1.807) is 0 Å². The van der Waals surface area contributed by atoms with Gasteiger partial charge in [0.25, 0.3) is 0 Å². The highest BCUT2D eigenvalue weighted by molar-refractivity contribution is 7.81. The van der Waals surface area contributed by atoms with Gasteiger partial charge in [0.05, 0.1) is 11.9 Å². The van der Waals surface area contributed by atoms with Crippen LogP contribution in [-0.4, -0.2) is 34.8 Å². The lowest BCUT2D eigenvalue weighted by molar-refractivity contribution is -0.205. The molecule has 4 nitrogen and oxygen atoms in total. The number of hydrogen-bond donors (Lipinski definition) is 2. The first-order chi connectivity index (χ1) is 12.6. The minimum atomic E-state index is -0.626. The zero-order chi connectivity index (χ0) is 20.2. The Morgan fingerprint density at radius 2 is 2.04 bits per heavy atom. The Morgan fingerprint density at radius 3 is 2.63 bits per heavy atom. The Morgan fingerprint density at radius 1 is 1.37 bits per heavy atom. The molecule has 0 aromatic carbocycles. The molecule has 0 amide bonds. The van der Waals surface area contributed by atoms with E-state index in [4.69, 9.17) is 4.74 Å². The van der Waals surface area contributed by atoms with Crippen molar-refractivity contribution in [2.24, 2.45) is 34.0 Å². The van der Waals surface area contributed by atoms with Crippen LogP contribution in [0.5, 0.6) is 0 Å². The average molecular weight is 395 g/mol. The van der Waals surface area contributed by atoms with Crippen molar-refractivity contribution < 1.29 is 19.4 Å². The lowest BCUT2D eigenvalue weighted by Gasteiger charge is -2.61. The largest absolute Gasteiger partial charge is 0.461 e. The number of aliphatic hydroxyl groups excluding tert-OH is 1. The minimum absolute atomic E-state index is 0.00841. The molecule has 0 unspecified atom stereocenters. The normalized spacial score (nSPS) is 49.7. The standard InChI is InChI=1S/C22H34O4S/c1-6-20(4)11-16(26-17(24)12-27)21(5)13(2)7-9-22(14(3)19(20)25)10-8-15(23)18(21)22/h6,13-14,16,18-19,25,27H,1,7-12H2,2-5H3/t13-,14+,16-,18+,19+,20-,21+,22+/m1/s1. The summed E-state index contributed by atoms with van der Waals surface area (Å²) in [5.41, 5.74) is -1.25. The lowest BCUT2D eigenvalue weighted by Crippen LogP contribution is -2.63. The second-order valence-electron chi connectivity index (χ2n) is 9.72. The molecule has 2 bridgehead atoms. The maximum absolute atomic E-state index is 13.2. The van der Waals surface area contributed by atoms with Gasteiger partial charge in [0.2, 0.25) is 0 Å². The van der Waals surface area contributed by atoms with Gasteiger partial charge in [-0.05, 0) is 42.9 Å². The molecule has 3 fully saturated rings. The van der Waals surface area contributed by atoms with Crippen molar-refractivity contribution in [3.63, 3.8) is 0 Å². The van der Waals surface area contributed by atoms with Crippen LogP contribution < -0.4 is 0 Å². The quantitative estimate of drug-likeness (QED) is 0.434. The van der Waals surface area contributed by atoms with Crippen LogP contribution in [0.25, 0.3) is 0 Å². The first-order valence-corrected chi connectivity index (χ1v) is 10.8. The fourth-order valence-electron chi connectivity index (χ4n) is 6.70. The molecule has 3 aliphatic carbocycles. The number of ketones is 1. The zero-order valence-corrected chi connectivity index (χ0v) is 17.9. The number of hydrogen-bond acceptors (Lipinski definition) is 5. The van der Waals surface area contributed by atoms with Gasteiger partial charge >= 0.3 is 5.97 Å². The smallest absolute Gasteiger partial charge is 0.315 e. The molecule has 0 spiro atoms. The molecule has 0 heterocycles. The summed E-state index contributed by atoms with van der Waals surface area (Å²) >= 11 is 4.08. The highest BCUT2D eigenvalue weighted by Crippen LogP contribution is 2.67. The van der Waals surface area contributed by atoms with Crippen molar-refractivity contribution in [3.05, 3.63) is 12.7 Å². The van der Waals surface area contributed by atoms with Gasteiger partial charge in [0, 0.05) is 23.2 Å². The molecular formula is C22H34O4S. The van der Waals surface area contributed by atoms with Gasteiger partial charge in [0.15, 0.2) is 0 Å². The number of carbonyl (C=O) groups excluding carboxylic acids is 2. The molecule has 0 saturated heterocycles. The van der Waals surface area contributed by atoms with Crippen LogP contribution in [0.3, 0.4) is 0 Å². The van der Waals surface area contributed by atoms with E-state index >= 15 is 0 Å². The summed E-state index contributed by atoms with van der Waals surface area (Å²) in [7, 11) is 0. The van der Waals surface area contributed by atoms with Crippen molar-refractivity contribution in [1.82, 2.24) is 0 Å². The SMILES string of the molecule is C=C[C@]1(C)C[C@@H](OC(=O)CS)[C@]2(C)[C@H](C)CC[C@]3(CCC(=O)[C@H]32)[C@@H](C)[C@@H]1O. The summed E-state index contributed by atoms with van der Waals surface area (Å²) in [5, 5.41) is 11.4. The van der Waals surface area contributed by atoms with Gasteiger partial charge in [-0.3, -0.25) is 9.59 Å². The molecule has 0 aliphatic heterocycles. The summed E-state index contributed by atoms with van der Waals surface area (Å²) in [4.78, 5) is 25.4. The summed E-state index contributed by atoms with van der Waals surface area (Å²) in [5.74, 6) is -0.0121. The first-order valence-electron chi connectivity index (χ1n) is 10.2. The van der Waals surface area contributed by atoms with E-state index in [9.17, 15) is 14.7 Å². The fraction of sp³-hybridized carbons (Fsp3) is 0.818. The van der Waals surface area contributed by atoms with Crippen molar-refractivity contribution in [2.45, 2.75) is 72.0 Å². The molecule has 0 radical (unpaired) electrons. The molecule has 0 aromatic rings. The minimum Gasteiger partial charge on any atom is -0.461 e. The maximum Gasteiger partial charge on any atom is 0.315 e. The first kappa shape index (κ1) is 20.9. The molecule has 8 atom stereocenters. The predicted octanol–water partition coefficient (Wildman–Crippen LogP) is 3.82. The van der Waals surface area contributed by atoms with Crippen molar-refractivity contribution >= 4 is 24.4 Å². The van der Waals surface area contributed by atoms with E-state index in [1.165, 1.54) is 0 Å². The van der Waals surface area contributed by atoms with E-state index in [1.807, 2.05) is 13.0 Å². The second-order valence-corrected chi connectivity index (χ2v) is 10.0. The predicted molar refractivity (Wildman–Crippen MR) is 108 cm³/mol. The van der Waals surface area contributed by atoms with E-state index in [0.717, 1.165) is 19.3 Å². The second kappa shape index (κ2) is 6.91. The third-order valence-electron chi connectivity index (χ3n) is 8.70. The zero-order valence-electron chi connectivity index (χ0n) is 17.0. The topological polar surface area (TPSA) is 63.6 Å². The van der Waals surface area contributed by atoms with Crippen LogP contribution >= 0.6 is 12.6 Å².